The van der Waals surface area contributed by atoms with Gasteiger partial charge in [-0.1, -0.05) is 69.6 Å². The average Bonchev–Trinajstić information content (AvgIpc) is 2.74. The summed E-state index contributed by atoms with van der Waals surface area (Å²) in [6.45, 7) is 8.16. The molecule has 2 aromatic rings. The lowest BCUT2D eigenvalue weighted by molar-refractivity contribution is -0.144. The zero-order valence-electron chi connectivity index (χ0n) is 21.5. The van der Waals surface area contributed by atoms with Crippen molar-refractivity contribution in [2.75, 3.05) is 0 Å². The van der Waals surface area contributed by atoms with Crippen LogP contribution in [0.1, 0.15) is 70.4 Å². The van der Waals surface area contributed by atoms with Crippen molar-refractivity contribution in [1.29, 1.82) is 0 Å². The highest BCUT2D eigenvalue weighted by Gasteiger charge is 2.52. The normalized spacial score (nSPS) is 28.5. The molecule has 0 bridgehead atoms. The molecule has 2 N–H and O–H groups in total. The van der Waals surface area contributed by atoms with Crippen molar-refractivity contribution in [3.8, 4) is 5.75 Å². The van der Waals surface area contributed by atoms with Gasteiger partial charge in [0, 0.05) is 23.8 Å². The van der Waals surface area contributed by atoms with Crippen LogP contribution >= 0.6 is 11.6 Å². The van der Waals surface area contributed by atoms with Gasteiger partial charge in [-0.3, -0.25) is 9.59 Å². The minimum Gasteiger partial charge on any atom is -0.489 e. The van der Waals surface area contributed by atoms with Crippen molar-refractivity contribution >= 4 is 23.2 Å². The Kier molecular flexibility index (Phi) is 7.66. The smallest absolute Gasteiger partial charge is 0.139 e. The molecule has 0 spiro atoms. The van der Waals surface area contributed by atoms with Gasteiger partial charge in [0.25, 0.3) is 0 Å². The maximum atomic E-state index is 13.5. The summed E-state index contributed by atoms with van der Waals surface area (Å²) >= 11 is 6.14. The number of carbonyl (C=O) groups excluding carboxylic acids is 2. The molecule has 6 heteroatoms. The maximum absolute atomic E-state index is 13.5. The monoisotopic (exact) mass is 512 g/mol. The van der Waals surface area contributed by atoms with Gasteiger partial charge in [0.15, 0.2) is 0 Å². The molecule has 2 saturated carbocycles. The molecule has 2 aromatic carbocycles. The molecular formula is C30H37ClO5. The Labute approximate surface area is 218 Å². The number of rotatable bonds is 6. The number of hydrogen-bond donors (Lipinski definition) is 2. The molecular weight excluding hydrogens is 476 g/mol. The summed E-state index contributed by atoms with van der Waals surface area (Å²) in [4.78, 5) is 27.1. The van der Waals surface area contributed by atoms with Crippen LogP contribution in [0.15, 0.2) is 48.5 Å². The minimum atomic E-state index is -0.915. The summed E-state index contributed by atoms with van der Waals surface area (Å²) in [6, 6.07) is 14.8. The van der Waals surface area contributed by atoms with Gasteiger partial charge in [0.1, 0.15) is 23.9 Å². The fraction of sp³-hybridized carbons (Fsp3) is 0.533. The second kappa shape index (κ2) is 10.3. The molecule has 2 fully saturated rings. The van der Waals surface area contributed by atoms with Crippen molar-refractivity contribution in [3.05, 3.63) is 64.7 Å². The SMILES string of the molecule is CC1(C)CC(=O)[C@@H](C(c2ccccc2OCc2cccc(Cl)c2)[C@H]2C(=O)CC(C)(C)C[C@@H]2O)[C@H](O)C1. The van der Waals surface area contributed by atoms with Gasteiger partial charge in [0.05, 0.1) is 24.0 Å². The Bertz CT molecular complexity index is 1080. The predicted octanol–water partition coefficient (Wildman–Crippen LogP) is 5.74. The summed E-state index contributed by atoms with van der Waals surface area (Å²) in [5, 5.41) is 23.2. The van der Waals surface area contributed by atoms with Crippen LogP contribution in [0, 0.1) is 22.7 Å². The van der Waals surface area contributed by atoms with Gasteiger partial charge in [-0.05, 0) is 53.0 Å². The van der Waals surface area contributed by atoms with Crippen LogP contribution in [-0.4, -0.2) is 34.0 Å². The fourth-order valence-electron chi connectivity index (χ4n) is 6.30. The first-order chi connectivity index (χ1) is 16.9. The minimum absolute atomic E-state index is 0.0711. The van der Waals surface area contributed by atoms with Crippen LogP contribution in [0.3, 0.4) is 0 Å². The Morgan fingerprint density at radius 3 is 1.97 bits per heavy atom. The van der Waals surface area contributed by atoms with E-state index in [2.05, 4.69) is 0 Å². The van der Waals surface area contributed by atoms with E-state index in [1.807, 2.05) is 70.2 Å². The molecule has 0 aliphatic heterocycles. The van der Waals surface area contributed by atoms with Gasteiger partial charge < -0.3 is 14.9 Å². The summed E-state index contributed by atoms with van der Waals surface area (Å²) in [6.07, 6.45) is -0.287. The molecule has 2 aliphatic carbocycles. The number of ether oxygens (including phenoxy) is 1. The van der Waals surface area contributed by atoms with Gasteiger partial charge in [0.2, 0.25) is 0 Å². The average molecular weight is 513 g/mol. The summed E-state index contributed by atoms with van der Waals surface area (Å²) in [5.74, 6) is -1.87. The molecule has 1 unspecified atom stereocenters. The first-order valence-corrected chi connectivity index (χ1v) is 13.1. The lowest BCUT2D eigenvalue weighted by Crippen LogP contribution is -2.51. The zero-order valence-corrected chi connectivity index (χ0v) is 22.3. The second-order valence-corrected chi connectivity index (χ2v) is 12.6. The first kappa shape index (κ1) is 26.8. The van der Waals surface area contributed by atoms with E-state index in [4.69, 9.17) is 16.3 Å². The standard InChI is InChI=1S/C30H37ClO5/c1-29(2)13-21(32)27(22(33)14-29)26(28-23(34)15-30(3,4)16-24(28)35)20-10-5-6-11-25(20)36-17-18-8-7-9-19(31)12-18/h5-12,21,23,26-28,32,34H,13-17H2,1-4H3/t21-,23+,26?,27+,28-. The van der Waals surface area contributed by atoms with Crippen molar-refractivity contribution in [2.24, 2.45) is 22.7 Å². The second-order valence-electron chi connectivity index (χ2n) is 12.2. The quantitative estimate of drug-likeness (QED) is 0.516. The number of benzene rings is 2. The lowest BCUT2D eigenvalue weighted by atomic mass is 9.58. The lowest BCUT2D eigenvalue weighted by Gasteiger charge is -2.46. The number of para-hydroxylation sites is 1. The predicted molar refractivity (Wildman–Crippen MR) is 140 cm³/mol. The van der Waals surface area contributed by atoms with Crippen LogP contribution < -0.4 is 4.74 Å². The highest BCUT2D eigenvalue weighted by molar-refractivity contribution is 6.30. The van der Waals surface area contributed by atoms with E-state index in [-0.39, 0.29) is 29.0 Å². The van der Waals surface area contributed by atoms with E-state index < -0.39 is 30.0 Å². The largest absolute Gasteiger partial charge is 0.489 e. The van der Waals surface area contributed by atoms with E-state index in [0.717, 1.165) is 5.56 Å². The molecule has 0 radical (unpaired) electrons. The van der Waals surface area contributed by atoms with Gasteiger partial charge >= 0.3 is 0 Å². The molecule has 5 nitrogen and oxygen atoms in total. The number of aliphatic hydroxyl groups is 2. The Morgan fingerprint density at radius 1 is 0.889 bits per heavy atom. The molecule has 2 aliphatic rings. The van der Waals surface area contributed by atoms with Gasteiger partial charge in [-0.15, -0.1) is 0 Å². The third kappa shape index (κ3) is 5.85. The molecule has 36 heavy (non-hydrogen) atoms. The fourth-order valence-corrected chi connectivity index (χ4v) is 6.52. The van der Waals surface area contributed by atoms with Crippen molar-refractivity contribution in [2.45, 2.75) is 78.1 Å². The third-order valence-corrected chi connectivity index (χ3v) is 7.97. The Hall–Kier alpha value is -2.21. The van der Waals surface area contributed by atoms with E-state index in [1.54, 1.807) is 6.07 Å². The topological polar surface area (TPSA) is 83.8 Å². The number of ketones is 2. The maximum Gasteiger partial charge on any atom is 0.139 e. The molecule has 0 amide bonds. The zero-order chi connectivity index (χ0) is 26.3. The molecule has 5 atom stereocenters. The van der Waals surface area contributed by atoms with Gasteiger partial charge in [-0.2, -0.15) is 0 Å². The highest BCUT2D eigenvalue weighted by atomic mass is 35.5. The number of hydrogen-bond acceptors (Lipinski definition) is 5. The van der Waals surface area contributed by atoms with Crippen molar-refractivity contribution < 1.29 is 24.5 Å². The number of halogens is 1. The molecule has 0 heterocycles. The van der Waals surface area contributed by atoms with E-state index in [0.29, 0.717) is 42.0 Å². The van der Waals surface area contributed by atoms with Gasteiger partial charge in [-0.25, -0.2) is 0 Å². The molecule has 4 rings (SSSR count). The summed E-state index contributed by atoms with van der Waals surface area (Å²) in [7, 11) is 0. The Balaban J connectivity index is 1.76. The van der Waals surface area contributed by atoms with Crippen LogP contribution in [-0.2, 0) is 16.2 Å². The first-order valence-electron chi connectivity index (χ1n) is 12.7. The van der Waals surface area contributed by atoms with E-state index >= 15 is 0 Å². The Morgan fingerprint density at radius 2 is 1.44 bits per heavy atom. The summed E-state index contributed by atoms with van der Waals surface area (Å²) in [5.41, 5.74) is 0.919. The number of Topliss-reactive ketones (excluding diaryl/α,β-unsaturated/α-hetero) is 2. The molecule has 194 valence electrons. The van der Waals surface area contributed by atoms with E-state index in [9.17, 15) is 19.8 Å². The summed E-state index contributed by atoms with van der Waals surface area (Å²) < 4.78 is 6.22. The highest BCUT2D eigenvalue weighted by Crippen LogP contribution is 2.51. The third-order valence-electron chi connectivity index (χ3n) is 7.74. The van der Waals surface area contributed by atoms with Crippen molar-refractivity contribution in [1.82, 2.24) is 0 Å². The van der Waals surface area contributed by atoms with Crippen LogP contribution in [0.2, 0.25) is 5.02 Å². The van der Waals surface area contributed by atoms with Crippen LogP contribution in [0.5, 0.6) is 5.75 Å². The number of aliphatic hydroxyl groups excluding tert-OH is 2. The molecule has 0 aromatic heterocycles. The van der Waals surface area contributed by atoms with Crippen LogP contribution in [0.4, 0.5) is 0 Å². The van der Waals surface area contributed by atoms with Crippen LogP contribution in [0.25, 0.3) is 0 Å². The number of carbonyl (C=O) groups is 2. The van der Waals surface area contributed by atoms with Crippen molar-refractivity contribution in [3.63, 3.8) is 0 Å². The van der Waals surface area contributed by atoms with E-state index in [1.165, 1.54) is 0 Å². The molecule has 0 saturated heterocycles.